The van der Waals surface area contributed by atoms with Crippen LogP contribution in [0.1, 0.15) is 31.4 Å². The predicted octanol–water partition coefficient (Wildman–Crippen LogP) is 4.53. The van der Waals surface area contributed by atoms with E-state index in [1.807, 2.05) is 60.7 Å². The summed E-state index contributed by atoms with van der Waals surface area (Å²) in [5, 5.41) is 0. The van der Waals surface area contributed by atoms with E-state index >= 15 is 0 Å². The molecule has 0 N–H and O–H groups in total. The normalized spacial score (nSPS) is 10.9. The van der Waals surface area contributed by atoms with E-state index in [0.29, 0.717) is 6.42 Å². The third-order valence-corrected chi connectivity index (χ3v) is 3.61. The highest BCUT2D eigenvalue weighted by Gasteiger charge is 2.32. The maximum Gasteiger partial charge on any atom is 0.135 e. The fraction of sp³-hybridized carbons (Fsp3) is 0.211. The van der Waals surface area contributed by atoms with E-state index in [4.69, 9.17) is 0 Å². The van der Waals surface area contributed by atoms with E-state index < -0.39 is 5.41 Å². The Morgan fingerprint density at radius 2 is 1.35 bits per heavy atom. The zero-order valence-electron chi connectivity index (χ0n) is 12.0. The fourth-order valence-electron chi connectivity index (χ4n) is 2.42. The van der Waals surface area contributed by atoms with Crippen molar-refractivity contribution in [2.75, 3.05) is 0 Å². The molecule has 0 saturated carbocycles. The summed E-state index contributed by atoms with van der Waals surface area (Å²) < 4.78 is 0. The van der Waals surface area contributed by atoms with Crippen molar-refractivity contribution < 1.29 is 4.79 Å². The molecule has 0 bridgehead atoms. The van der Waals surface area contributed by atoms with Crippen LogP contribution in [0.5, 0.6) is 0 Å². The lowest BCUT2D eigenvalue weighted by Gasteiger charge is -2.28. The second-order valence-corrected chi connectivity index (χ2v) is 5.31. The zero-order chi connectivity index (χ0) is 14.4. The number of aldehydes is 1. The molecule has 0 heterocycles. The molecule has 0 aliphatic rings. The van der Waals surface area contributed by atoms with Gasteiger partial charge in [0.1, 0.15) is 6.29 Å². The highest BCUT2D eigenvalue weighted by atomic mass is 16.1. The number of allylic oxidation sites excluding steroid dienone is 2. The van der Waals surface area contributed by atoms with Crippen molar-refractivity contribution in [1.82, 2.24) is 0 Å². The molecular weight excluding hydrogens is 244 g/mol. The SMILES string of the molecule is CC(C)=CCC(C=O)(c1ccccc1)c1ccccc1. The number of rotatable bonds is 5. The van der Waals surface area contributed by atoms with E-state index in [2.05, 4.69) is 19.9 Å². The molecule has 102 valence electrons. The van der Waals surface area contributed by atoms with Crippen LogP contribution in [-0.4, -0.2) is 6.29 Å². The fourth-order valence-corrected chi connectivity index (χ4v) is 2.42. The number of hydrogen-bond donors (Lipinski definition) is 0. The molecule has 2 rings (SSSR count). The van der Waals surface area contributed by atoms with Crippen LogP contribution >= 0.6 is 0 Å². The van der Waals surface area contributed by atoms with Crippen LogP contribution in [0, 0.1) is 0 Å². The maximum absolute atomic E-state index is 12.0. The number of carbonyl (C=O) groups is 1. The van der Waals surface area contributed by atoms with Crippen molar-refractivity contribution in [1.29, 1.82) is 0 Å². The summed E-state index contributed by atoms with van der Waals surface area (Å²) in [6.45, 7) is 4.12. The first kappa shape index (κ1) is 14.3. The summed E-state index contributed by atoms with van der Waals surface area (Å²) in [5.74, 6) is 0. The molecule has 0 atom stereocenters. The summed E-state index contributed by atoms with van der Waals surface area (Å²) in [6, 6.07) is 20.0. The molecule has 1 heteroatoms. The predicted molar refractivity (Wildman–Crippen MR) is 83.8 cm³/mol. The van der Waals surface area contributed by atoms with Gasteiger partial charge in [0.05, 0.1) is 5.41 Å². The van der Waals surface area contributed by atoms with Crippen LogP contribution < -0.4 is 0 Å². The minimum atomic E-state index is -0.597. The van der Waals surface area contributed by atoms with E-state index in [9.17, 15) is 4.79 Å². The molecule has 1 nitrogen and oxygen atoms in total. The third kappa shape index (κ3) is 2.88. The van der Waals surface area contributed by atoms with Gasteiger partial charge in [-0.15, -0.1) is 0 Å². The molecule has 0 aliphatic carbocycles. The molecule has 0 amide bonds. The molecule has 0 radical (unpaired) electrons. The van der Waals surface area contributed by atoms with Gasteiger partial charge in [0, 0.05) is 0 Å². The Morgan fingerprint density at radius 3 is 1.70 bits per heavy atom. The van der Waals surface area contributed by atoms with Gasteiger partial charge in [-0.2, -0.15) is 0 Å². The largest absolute Gasteiger partial charge is 0.302 e. The minimum Gasteiger partial charge on any atom is -0.302 e. The molecule has 20 heavy (non-hydrogen) atoms. The summed E-state index contributed by atoms with van der Waals surface area (Å²) in [4.78, 5) is 12.0. The monoisotopic (exact) mass is 264 g/mol. The van der Waals surface area contributed by atoms with Gasteiger partial charge in [0.2, 0.25) is 0 Å². The Bertz CT molecular complexity index is 538. The van der Waals surface area contributed by atoms with Crippen molar-refractivity contribution in [3.63, 3.8) is 0 Å². The molecule has 0 aromatic heterocycles. The van der Waals surface area contributed by atoms with E-state index in [1.54, 1.807) is 0 Å². The molecule has 0 spiro atoms. The number of carbonyl (C=O) groups excluding carboxylic acids is 1. The molecule has 2 aromatic rings. The van der Waals surface area contributed by atoms with E-state index in [0.717, 1.165) is 17.4 Å². The van der Waals surface area contributed by atoms with Crippen LogP contribution in [0.3, 0.4) is 0 Å². The van der Waals surface area contributed by atoms with Gasteiger partial charge in [-0.05, 0) is 31.4 Å². The van der Waals surface area contributed by atoms with Crippen LogP contribution in [0.2, 0.25) is 0 Å². The van der Waals surface area contributed by atoms with Crippen LogP contribution in [0.15, 0.2) is 72.3 Å². The Labute approximate surface area is 121 Å². The molecule has 0 aliphatic heterocycles. The van der Waals surface area contributed by atoms with Crippen LogP contribution in [0.4, 0.5) is 0 Å². The second kappa shape index (κ2) is 6.33. The smallest absolute Gasteiger partial charge is 0.135 e. The van der Waals surface area contributed by atoms with E-state index in [1.165, 1.54) is 5.57 Å². The standard InChI is InChI=1S/C19H20O/c1-16(2)13-14-19(15-20,17-9-5-3-6-10-17)18-11-7-4-8-12-18/h3-13,15H,14H2,1-2H3. The average molecular weight is 264 g/mol. The highest BCUT2D eigenvalue weighted by molar-refractivity contribution is 5.75. The van der Waals surface area contributed by atoms with Gasteiger partial charge >= 0.3 is 0 Å². The molecule has 2 aromatic carbocycles. The van der Waals surface area contributed by atoms with Crippen molar-refractivity contribution in [2.24, 2.45) is 0 Å². The van der Waals surface area contributed by atoms with Crippen LogP contribution in [0.25, 0.3) is 0 Å². The maximum atomic E-state index is 12.0. The number of benzene rings is 2. The topological polar surface area (TPSA) is 17.1 Å². The molecular formula is C19H20O. The lowest BCUT2D eigenvalue weighted by molar-refractivity contribution is -0.111. The Morgan fingerprint density at radius 1 is 0.900 bits per heavy atom. The minimum absolute atomic E-state index is 0.597. The first-order chi connectivity index (χ1) is 9.69. The molecule has 0 fully saturated rings. The summed E-state index contributed by atoms with van der Waals surface area (Å²) >= 11 is 0. The second-order valence-electron chi connectivity index (χ2n) is 5.31. The van der Waals surface area contributed by atoms with Crippen LogP contribution in [-0.2, 0) is 10.2 Å². The lowest BCUT2D eigenvalue weighted by atomic mass is 9.73. The summed E-state index contributed by atoms with van der Waals surface area (Å²) in [6.07, 6.45) is 3.90. The quantitative estimate of drug-likeness (QED) is 0.573. The van der Waals surface area contributed by atoms with Gasteiger partial charge < -0.3 is 4.79 Å². The van der Waals surface area contributed by atoms with Gasteiger partial charge in [0.15, 0.2) is 0 Å². The van der Waals surface area contributed by atoms with Gasteiger partial charge in [0.25, 0.3) is 0 Å². The summed E-state index contributed by atoms with van der Waals surface area (Å²) in [5.41, 5.74) is 2.71. The highest BCUT2D eigenvalue weighted by Crippen LogP contribution is 2.34. The van der Waals surface area contributed by atoms with Gasteiger partial charge in [-0.25, -0.2) is 0 Å². The van der Waals surface area contributed by atoms with Crippen molar-refractivity contribution in [2.45, 2.75) is 25.7 Å². The van der Waals surface area contributed by atoms with Gasteiger partial charge in [-0.1, -0.05) is 72.3 Å². The van der Waals surface area contributed by atoms with Crippen molar-refractivity contribution >= 4 is 6.29 Å². The summed E-state index contributed by atoms with van der Waals surface area (Å²) in [7, 11) is 0. The first-order valence-corrected chi connectivity index (χ1v) is 6.90. The van der Waals surface area contributed by atoms with Crippen molar-refractivity contribution in [3.8, 4) is 0 Å². The Kier molecular flexibility index (Phi) is 4.52. The number of hydrogen-bond acceptors (Lipinski definition) is 1. The first-order valence-electron chi connectivity index (χ1n) is 6.90. The molecule has 0 saturated heterocycles. The lowest BCUT2D eigenvalue weighted by Crippen LogP contribution is -2.29. The van der Waals surface area contributed by atoms with Gasteiger partial charge in [-0.3, -0.25) is 0 Å². The Hall–Kier alpha value is -2.15. The van der Waals surface area contributed by atoms with E-state index in [-0.39, 0.29) is 0 Å². The third-order valence-electron chi connectivity index (χ3n) is 3.61. The zero-order valence-corrected chi connectivity index (χ0v) is 12.0. The average Bonchev–Trinajstić information content (AvgIpc) is 2.50. The Balaban J connectivity index is 2.58. The molecule has 0 unspecified atom stereocenters. The van der Waals surface area contributed by atoms with Crippen molar-refractivity contribution in [3.05, 3.63) is 83.4 Å².